The molecule has 1 amide bonds. The van der Waals surface area contributed by atoms with Gasteiger partial charge in [0.25, 0.3) is 0 Å². The first-order valence-corrected chi connectivity index (χ1v) is 7.35. The van der Waals surface area contributed by atoms with Crippen LogP contribution in [0.4, 0.5) is 0 Å². The summed E-state index contributed by atoms with van der Waals surface area (Å²) in [6.45, 7) is 5.88. The van der Waals surface area contributed by atoms with Crippen LogP contribution in [0.15, 0.2) is 0 Å². The molecule has 122 valence electrons. The summed E-state index contributed by atoms with van der Waals surface area (Å²) in [6.07, 6.45) is 3.15. The van der Waals surface area contributed by atoms with Crippen molar-refractivity contribution >= 4 is 17.8 Å². The number of hydrogen-bond acceptors (Lipinski definition) is 6. The molecular formula is C14H26N2O5. The smallest absolute Gasteiger partial charge is 0.325 e. The van der Waals surface area contributed by atoms with E-state index in [1.165, 1.54) is 6.92 Å². The Morgan fingerprint density at radius 2 is 1.57 bits per heavy atom. The fraction of sp³-hybridized carbons (Fsp3) is 0.786. The highest BCUT2D eigenvalue weighted by Crippen LogP contribution is 2.01. The SMILES string of the molecule is CCCCOC(=O)C[C@H](NNC(C)=O)C(=O)OCCCC. The van der Waals surface area contributed by atoms with Crippen molar-refractivity contribution in [2.45, 2.75) is 58.9 Å². The number of rotatable bonds is 11. The maximum Gasteiger partial charge on any atom is 0.325 e. The third-order valence-electron chi connectivity index (χ3n) is 2.58. The molecule has 0 aromatic heterocycles. The Morgan fingerprint density at radius 3 is 2.10 bits per heavy atom. The zero-order valence-electron chi connectivity index (χ0n) is 13.1. The Morgan fingerprint density at radius 1 is 1.00 bits per heavy atom. The van der Waals surface area contributed by atoms with Gasteiger partial charge >= 0.3 is 11.9 Å². The third kappa shape index (κ3) is 10.8. The predicted octanol–water partition coefficient (Wildman–Crippen LogP) is 1.07. The van der Waals surface area contributed by atoms with Crippen LogP contribution in [0.25, 0.3) is 0 Å². The van der Waals surface area contributed by atoms with Crippen LogP contribution in [0.5, 0.6) is 0 Å². The molecule has 0 radical (unpaired) electrons. The van der Waals surface area contributed by atoms with Crippen LogP contribution in [0.2, 0.25) is 0 Å². The van der Waals surface area contributed by atoms with Crippen LogP contribution in [0.1, 0.15) is 52.9 Å². The van der Waals surface area contributed by atoms with Gasteiger partial charge in [-0.3, -0.25) is 19.8 Å². The first kappa shape index (κ1) is 19.4. The van der Waals surface area contributed by atoms with Crippen LogP contribution in [-0.4, -0.2) is 37.1 Å². The number of carbonyl (C=O) groups excluding carboxylic acids is 3. The molecule has 0 unspecified atom stereocenters. The fourth-order valence-electron chi connectivity index (χ4n) is 1.36. The topological polar surface area (TPSA) is 93.7 Å². The number of esters is 2. The average Bonchev–Trinajstić information content (AvgIpc) is 2.43. The summed E-state index contributed by atoms with van der Waals surface area (Å²) < 4.78 is 10.0. The lowest BCUT2D eigenvalue weighted by atomic mass is 10.2. The molecule has 0 aliphatic rings. The minimum atomic E-state index is -0.945. The van der Waals surface area contributed by atoms with E-state index in [9.17, 15) is 14.4 Å². The largest absolute Gasteiger partial charge is 0.466 e. The second-order valence-electron chi connectivity index (χ2n) is 4.68. The van der Waals surface area contributed by atoms with Crippen molar-refractivity contribution in [2.75, 3.05) is 13.2 Å². The van der Waals surface area contributed by atoms with Crippen LogP contribution in [0, 0.1) is 0 Å². The summed E-state index contributed by atoms with van der Waals surface area (Å²) in [6, 6.07) is -0.945. The monoisotopic (exact) mass is 302 g/mol. The standard InChI is InChI=1S/C14H26N2O5/c1-4-6-8-20-13(18)10-12(16-15-11(3)17)14(19)21-9-7-5-2/h12,16H,4-10H2,1-3H3,(H,15,17)/t12-/m0/s1. The molecule has 0 aliphatic carbocycles. The molecule has 21 heavy (non-hydrogen) atoms. The zero-order valence-corrected chi connectivity index (χ0v) is 13.1. The summed E-state index contributed by atoms with van der Waals surface area (Å²) in [5, 5.41) is 0. The van der Waals surface area contributed by atoms with Crippen molar-refractivity contribution in [3.8, 4) is 0 Å². The molecule has 0 saturated heterocycles. The number of ether oxygens (including phenoxy) is 2. The molecule has 7 heteroatoms. The molecule has 0 spiro atoms. The average molecular weight is 302 g/mol. The van der Waals surface area contributed by atoms with E-state index in [4.69, 9.17) is 9.47 Å². The van der Waals surface area contributed by atoms with Crippen molar-refractivity contribution in [1.82, 2.24) is 10.9 Å². The summed E-state index contributed by atoms with van der Waals surface area (Å²) in [5.41, 5.74) is 4.78. The van der Waals surface area contributed by atoms with Crippen LogP contribution in [0.3, 0.4) is 0 Å². The molecular weight excluding hydrogens is 276 g/mol. The van der Waals surface area contributed by atoms with Gasteiger partial charge in [-0.2, -0.15) is 0 Å². The van der Waals surface area contributed by atoms with E-state index < -0.39 is 18.0 Å². The maximum absolute atomic E-state index is 11.9. The number of amides is 1. The van der Waals surface area contributed by atoms with Gasteiger partial charge in [0.15, 0.2) is 0 Å². The normalized spacial score (nSPS) is 11.6. The van der Waals surface area contributed by atoms with Crippen LogP contribution < -0.4 is 10.9 Å². The first-order valence-electron chi connectivity index (χ1n) is 7.35. The molecule has 0 heterocycles. The fourth-order valence-corrected chi connectivity index (χ4v) is 1.36. The predicted molar refractivity (Wildman–Crippen MR) is 77.1 cm³/mol. The lowest BCUT2D eigenvalue weighted by Gasteiger charge is -2.17. The van der Waals surface area contributed by atoms with E-state index in [-0.39, 0.29) is 12.3 Å². The van der Waals surface area contributed by atoms with Crippen LogP contribution in [-0.2, 0) is 23.9 Å². The highest BCUT2D eigenvalue weighted by Gasteiger charge is 2.24. The van der Waals surface area contributed by atoms with Gasteiger partial charge in [0.1, 0.15) is 6.04 Å². The minimum absolute atomic E-state index is 0.186. The summed E-state index contributed by atoms with van der Waals surface area (Å²) in [5.74, 6) is -1.44. The summed E-state index contributed by atoms with van der Waals surface area (Å²) >= 11 is 0. The third-order valence-corrected chi connectivity index (χ3v) is 2.58. The van der Waals surface area contributed by atoms with Gasteiger partial charge in [0, 0.05) is 6.92 Å². The van der Waals surface area contributed by atoms with Crippen molar-refractivity contribution in [2.24, 2.45) is 0 Å². The van der Waals surface area contributed by atoms with E-state index in [0.29, 0.717) is 13.2 Å². The summed E-state index contributed by atoms with van der Waals surface area (Å²) in [7, 11) is 0. The highest BCUT2D eigenvalue weighted by molar-refractivity contribution is 5.83. The van der Waals surface area contributed by atoms with Crippen molar-refractivity contribution in [1.29, 1.82) is 0 Å². The van der Waals surface area contributed by atoms with Gasteiger partial charge in [0.05, 0.1) is 19.6 Å². The van der Waals surface area contributed by atoms with Crippen LogP contribution >= 0.6 is 0 Å². The molecule has 0 aromatic carbocycles. The molecule has 0 saturated carbocycles. The minimum Gasteiger partial charge on any atom is -0.466 e. The van der Waals surface area contributed by atoms with E-state index in [1.807, 2.05) is 13.8 Å². The molecule has 0 aromatic rings. The van der Waals surface area contributed by atoms with E-state index in [2.05, 4.69) is 10.9 Å². The molecule has 7 nitrogen and oxygen atoms in total. The van der Waals surface area contributed by atoms with E-state index >= 15 is 0 Å². The van der Waals surface area contributed by atoms with E-state index in [0.717, 1.165) is 25.7 Å². The van der Waals surface area contributed by atoms with Crippen molar-refractivity contribution in [3.05, 3.63) is 0 Å². The second kappa shape index (κ2) is 12.1. The molecule has 2 N–H and O–H groups in total. The van der Waals surface area contributed by atoms with Gasteiger partial charge in [-0.25, -0.2) is 5.43 Å². The Hall–Kier alpha value is -1.63. The Bertz CT molecular complexity index is 333. The lowest BCUT2D eigenvalue weighted by Crippen LogP contribution is -2.49. The molecule has 0 bridgehead atoms. The number of hydrazine groups is 1. The number of hydrogen-bond donors (Lipinski definition) is 2. The Labute approximate surface area is 125 Å². The van der Waals surface area contributed by atoms with Gasteiger partial charge in [-0.15, -0.1) is 0 Å². The number of unbranched alkanes of at least 4 members (excludes halogenated alkanes) is 2. The van der Waals surface area contributed by atoms with Gasteiger partial charge in [-0.1, -0.05) is 26.7 Å². The number of nitrogens with one attached hydrogen (secondary N) is 2. The highest BCUT2D eigenvalue weighted by atomic mass is 16.5. The molecule has 1 atom stereocenters. The zero-order chi connectivity index (χ0) is 16.1. The summed E-state index contributed by atoms with van der Waals surface area (Å²) in [4.78, 5) is 34.4. The van der Waals surface area contributed by atoms with E-state index in [1.54, 1.807) is 0 Å². The Kier molecular flexibility index (Phi) is 11.2. The second-order valence-corrected chi connectivity index (χ2v) is 4.68. The Balaban J connectivity index is 4.32. The van der Waals surface area contributed by atoms with Gasteiger partial charge in [0.2, 0.25) is 5.91 Å². The maximum atomic E-state index is 11.9. The number of carbonyl (C=O) groups is 3. The molecule has 0 fully saturated rings. The van der Waals surface area contributed by atoms with Gasteiger partial charge < -0.3 is 9.47 Å². The van der Waals surface area contributed by atoms with Crippen molar-refractivity contribution < 1.29 is 23.9 Å². The quantitative estimate of drug-likeness (QED) is 0.337. The molecule has 0 rings (SSSR count). The lowest BCUT2D eigenvalue weighted by molar-refractivity contribution is -0.153. The van der Waals surface area contributed by atoms with Gasteiger partial charge in [-0.05, 0) is 12.8 Å². The van der Waals surface area contributed by atoms with Crippen molar-refractivity contribution in [3.63, 3.8) is 0 Å². The first-order chi connectivity index (χ1) is 10.0. The molecule has 0 aliphatic heterocycles.